The third-order valence-electron chi connectivity index (χ3n) is 2.94. The number of hydrogen-bond acceptors (Lipinski definition) is 3. The van der Waals surface area contributed by atoms with Gasteiger partial charge in [-0.3, -0.25) is 9.59 Å². The minimum absolute atomic E-state index is 0.396. The summed E-state index contributed by atoms with van der Waals surface area (Å²) < 4.78 is 5.00. The number of carbonyl (C=O) groups excluding carboxylic acids is 2. The van der Waals surface area contributed by atoms with Gasteiger partial charge < -0.3 is 9.64 Å². The lowest BCUT2D eigenvalue weighted by Crippen LogP contribution is -2.34. The predicted octanol–water partition coefficient (Wildman–Crippen LogP) is 1.50. The molecule has 1 amide bonds. The number of nitrogens with zero attached hydrogens (tertiary/aromatic N) is 1. The van der Waals surface area contributed by atoms with Crippen molar-refractivity contribution in [3.05, 3.63) is 29.8 Å². The molecule has 0 spiro atoms. The molecule has 0 aliphatic carbocycles. The van der Waals surface area contributed by atoms with Gasteiger partial charge in [-0.1, -0.05) is 0 Å². The van der Waals surface area contributed by atoms with E-state index >= 15 is 0 Å². The molecule has 0 unspecified atom stereocenters. The van der Waals surface area contributed by atoms with E-state index in [2.05, 4.69) is 0 Å². The number of hydrogen-bond donors (Lipinski definition) is 0. The van der Waals surface area contributed by atoms with E-state index in [9.17, 15) is 9.59 Å². The van der Waals surface area contributed by atoms with E-state index in [1.165, 1.54) is 0 Å². The summed E-state index contributed by atoms with van der Waals surface area (Å²) in [6.07, 6.45) is 1.98. The van der Waals surface area contributed by atoms with Gasteiger partial charge in [0.15, 0.2) is 0 Å². The zero-order valence-electron chi connectivity index (χ0n) is 9.81. The molecule has 4 heteroatoms. The molecule has 1 aliphatic rings. The van der Waals surface area contributed by atoms with Gasteiger partial charge in [0.1, 0.15) is 5.75 Å². The van der Waals surface area contributed by atoms with Crippen LogP contribution in [0.3, 0.4) is 0 Å². The molecular weight excluding hydrogens is 218 g/mol. The van der Waals surface area contributed by atoms with E-state index in [4.69, 9.17) is 4.74 Å². The second-order valence-electron chi connectivity index (χ2n) is 4.06. The summed E-state index contributed by atoms with van der Waals surface area (Å²) >= 11 is 0. The fourth-order valence-electron chi connectivity index (χ4n) is 1.93. The zero-order chi connectivity index (χ0) is 12.3. The average molecular weight is 233 g/mol. The number of amides is 1. The highest BCUT2D eigenvalue weighted by atomic mass is 16.5. The summed E-state index contributed by atoms with van der Waals surface area (Å²) in [5.74, 6) is -0.155. The Kier molecular flexibility index (Phi) is 3.42. The van der Waals surface area contributed by atoms with Crippen LogP contribution in [0.1, 0.15) is 23.2 Å². The van der Waals surface area contributed by atoms with Gasteiger partial charge in [-0.15, -0.1) is 0 Å². The van der Waals surface area contributed by atoms with Crippen LogP contribution in [0, 0.1) is 0 Å². The Bertz CT molecular complexity index is 419. The highest BCUT2D eigenvalue weighted by molar-refractivity contribution is 6.42. The number of ether oxygens (including phenoxy) is 1. The molecule has 90 valence electrons. The Morgan fingerprint density at radius 1 is 1.12 bits per heavy atom. The molecule has 1 aromatic carbocycles. The van der Waals surface area contributed by atoms with Gasteiger partial charge in [0, 0.05) is 18.7 Å². The van der Waals surface area contributed by atoms with E-state index < -0.39 is 11.7 Å². The second kappa shape index (κ2) is 4.99. The molecule has 1 aliphatic heterocycles. The number of methoxy groups -OCH3 is 1. The van der Waals surface area contributed by atoms with Gasteiger partial charge in [-0.2, -0.15) is 0 Å². The summed E-state index contributed by atoms with van der Waals surface area (Å²) in [5.41, 5.74) is 0.419. The van der Waals surface area contributed by atoms with Crippen LogP contribution in [0.2, 0.25) is 0 Å². The topological polar surface area (TPSA) is 46.6 Å². The number of rotatable bonds is 3. The fraction of sp³-hybridized carbons (Fsp3) is 0.385. The summed E-state index contributed by atoms with van der Waals surface area (Å²) in [5, 5.41) is 0. The van der Waals surface area contributed by atoms with Gasteiger partial charge in [0.25, 0.3) is 5.91 Å². The minimum Gasteiger partial charge on any atom is -0.497 e. The third-order valence-corrected chi connectivity index (χ3v) is 2.94. The molecule has 0 atom stereocenters. The van der Waals surface area contributed by atoms with Gasteiger partial charge in [-0.25, -0.2) is 0 Å². The summed E-state index contributed by atoms with van der Waals surface area (Å²) in [6.45, 7) is 1.39. The molecule has 1 saturated heterocycles. The first-order valence-corrected chi connectivity index (χ1v) is 5.70. The van der Waals surface area contributed by atoms with Gasteiger partial charge in [-0.05, 0) is 37.1 Å². The lowest BCUT2D eigenvalue weighted by Gasteiger charge is -2.13. The maximum atomic E-state index is 11.9. The average Bonchev–Trinajstić information content (AvgIpc) is 2.91. The highest BCUT2D eigenvalue weighted by Crippen LogP contribution is 2.14. The van der Waals surface area contributed by atoms with Crippen molar-refractivity contribution in [1.29, 1.82) is 0 Å². The minimum atomic E-state index is -0.436. The van der Waals surface area contributed by atoms with Crippen LogP contribution in [-0.2, 0) is 4.79 Å². The van der Waals surface area contributed by atoms with Crippen LogP contribution < -0.4 is 4.74 Å². The van der Waals surface area contributed by atoms with Crippen molar-refractivity contribution in [2.45, 2.75) is 12.8 Å². The van der Waals surface area contributed by atoms with Crippen molar-refractivity contribution >= 4 is 11.7 Å². The number of benzene rings is 1. The van der Waals surface area contributed by atoms with Crippen LogP contribution in [0.5, 0.6) is 5.75 Å². The van der Waals surface area contributed by atoms with Crippen LogP contribution in [0.15, 0.2) is 24.3 Å². The Hall–Kier alpha value is -1.84. The van der Waals surface area contributed by atoms with Crippen molar-refractivity contribution in [3.8, 4) is 5.75 Å². The maximum Gasteiger partial charge on any atom is 0.294 e. The molecule has 4 nitrogen and oxygen atoms in total. The molecule has 0 radical (unpaired) electrons. The summed E-state index contributed by atoms with van der Waals surface area (Å²) in [4.78, 5) is 25.4. The maximum absolute atomic E-state index is 11.9. The molecule has 0 N–H and O–H groups in total. The Morgan fingerprint density at radius 2 is 1.71 bits per heavy atom. The smallest absolute Gasteiger partial charge is 0.294 e. The van der Waals surface area contributed by atoms with E-state index in [0.29, 0.717) is 24.4 Å². The van der Waals surface area contributed by atoms with E-state index in [1.54, 1.807) is 36.3 Å². The predicted molar refractivity (Wildman–Crippen MR) is 63.1 cm³/mol. The number of likely N-dealkylation sites (tertiary alicyclic amines) is 1. The quantitative estimate of drug-likeness (QED) is 0.587. The molecule has 2 rings (SSSR count). The largest absolute Gasteiger partial charge is 0.497 e. The molecule has 1 fully saturated rings. The summed E-state index contributed by atoms with van der Waals surface area (Å²) in [7, 11) is 1.56. The molecule has 1 aromatic rings. The monoisotopic (exact) mass is 233 g/mol. The fourth-order valence-corrected chi connectivity index (χ4v) is 1.93. The van der Waals surface area contributed by atoms with Crippen molar-refractivity contribution in [2.75, 3.05) is 20.2 Å². The number of Topliss-reactive ketones (excluding diaryl/α,β-unsaturated/α-hetero) is 1. The van der Waals surface area contributed by atoms with Crippen LogP contribution in [0.4, 0.5) is 0 Å². The molecule has 0 aromatic heterocycles. The van der Waals surface area contributed by atoms with Gasteiger partial charge in [0.05, 0.1) is 7.11 Å². The Balaban J connectivity index is 2.10. The Morgan fingerprint density at radius 3 is 2.24 bits per heavy atom. The first kappa shape index (κ1) is 11.6. The first-order valence-electron chi connectivity index (χ1n) is 5.70. The highest BCUT2D eigenvalue weighted by Gasteiger charge is 2.25. The zero-order valence-corrected chi connectivity index (χ0v) is 9.81. The van der Waals surface area contributed by atoms with E-state index in [1.807, 2.05) is 0 Å². The standard InChI is InChI=1S/C13H15NO3/c1-17-11-6-4-10(5-7-11)12(15)13(16)14-8-2-3-9-14/h4-7H,2-3,8-9H2,1H3. The molecular formula is C13H15NO3. The molecule has 1 heterocycles. The summed E-state index contributed by atoms with van der Waals surface area (Å²) in [6, 6.07) is 6.61. The lowest BCUT2D eigenvalue weighted by molar-refractivity contribution is -0.125. The SMILES string of the molecule is COc1ccc(C(=O)C(=O)N2CCCC2)cc1. The molecule has 0 saturated carbocycles. The normalized spacial score (nSPS) is 14.8. The molecule has 17 heavy (non-hydrogen) atoms. The van der Waals surface area contributed by atoms with E-state index in [-0.39, 0.29) is 0 Å². The Labute approximate surface area is 100 Å². The van der Waals surface area contributed by atoms with Gasteiger partial charge in [0.2, 0.25) is 5.78 Å². The number of ketones is 1. The van der Waals surface area contributed by atoms with Gasteiger partial charge >= 0.3 is 0 Å². The number of carbonyl (C=O) groups is 2. The first-order chi connectivity index (χ1) is 8.22. The van der Waals surface area contributed by atoms with Crippen molar-refractivity contribution < 1.29 is 14.3 Å². The lowest BCUT2D eigenvalue weighted by atomic mass is 10.1. The van der Waals surface area contributed by atoms with E-state index in [0.717, 1.165) is 12.8 Å². The van der Waals surface area contributed by atoms with Crippen LogP contribution in [0.25, 0.3) is 0 Å². The van der Waals surface area contributed by atoms with Crippen molar-refractivity contribution in [3.63, 3.8) is 0 Å². The molecule has 0 bridgehead atoms. The van der Waals surface area contributed by atoms with Crippen LogP contribution >= 0.6 is 0 Å². The van der Waals surface area contributed by atoms with Crippen molar-refractivity contribution in [1.82, 2.24) is 4.90 Å². The van der Waals surface area contributed by atoms with Crippen molar-refractivity contribution in [2.24, 2.45) is 0 Å². The third kappa shape index (κ3) is 2.46. The van der Waals surface area contributed by atoms with Crippen LogP contribution in [-0.4, -0.2) is 36.8 Å². The second-order valence-corrected chi connectivity index (χ2v) is 4.06.